The number of hydrogen-bond donors (Lipinski definition) is 6. The highest BCUT2D eigenvalue weighted by Crippen LogP contribution is 2.42. The predicted octanol–water partition coefficient (Wildman–Crippen LogP) is 16.6. The molecular formula is C103H101Br2Cl2F4N17O21. The Morgan fingerprint density at radius 1 is 0.295 bits per heavy atom. The predicted molar refractivity (Wildman–Crippen MR) is 567 cm³/mol. The molecule has 0 atom stereocenters. The maximum Gasteiger partial charge on any atom is 0.277 e. The molecule has 8 heterocycles. The molecule has 0 saturated carbocycles. The Kier molecular flexibility index (Phi) is 39.8. The molecular weight excluding hydrogens is 2120 g/mol. The fourth-order valence-corrected chi connectivity index (χ4v) is 15.0. The van der Waals surface area contributed by atoms with Crippen molar-refractivity contribution in [1.82, 2.24) is 39.2 Å². The Morgan fingerprint density at radius 3 is 0.839 bits per heavy atom. The zero-order valence-corrected chi connectivity index (χ0v) is 88.9. The third-order valence-corrected chi connectivity index (χ3v) is 24.0. The van der Waals surface area contributed by atoms with E-state index in [1.165, 1.54) is 98.1 Å². The van der Waals surface area contributed by atoms with Crippen LogP contribution in [0.1, 0.15) is 93.0 Å². The van der Waals surface area contributed by atoms with Gasteiger partial charge in [-0.2, -0.15) is 0 Å². The summed E-state index contributed by atoms with van der Waals surface area (Å²) < 4.78 is 85.0. The van der Waals surface area contributed by atoms with Crippen LogP contribution in [0.3, 0.4) is 0 Å². The minimum Gasteiger partial charge on any atom is -0.507 e. The van der Waals surface area contributed by atoms with Crippen molar-refractivity contribution < 1.29 is 120 Å². The van der Waals surface area contributed by atoms with Gasteiger partial charge >= 0.3 is 0 Å². The number of phenols is 6. The van der Waals surface area contributed by atoms with E-state index in [9.17, 15) is 76.3 Å². The zero-order chi connectivity index (χ0) is 110. The number of halogens is 8. The zero-order valence-electron chi connectivity index (χ0n) is 84.2. The second-order valence-corrected chi connectivity index (χ2v) is 34.5. The first-order chi connectivity index (χ1) is 70.3. The van der Waals surface area contributed by atoms with Gasteiger partial charge < -0.3 is 63.9 Å². The second kappa shape index (κ2) is 51.3. The summed E-state index contributed by atoms with van der Waals surface area (Å²) in [6.45, 7) is 12.3. The molecule has 8 aliphatic heterocycles. The van der Waals surface area contributed by atoms with Crippen LogP contribution >= 0.6 is 55.1 Å². The number of oxime groups is 1. The minimum absolute atomic E-state index is 0.0143. The fraction of sp³-hybridized carbons (Fsp3) is 0.214. The first-order valence-corrected chi connectivity index (χ1v) is 46.1. The highest BCUT2D eigenvalue weighted by Gasteiger charge is 2.33. The van der Waals surface area contributed by atoms with Gasteiger partial charge in [-0.3, -0.25) is 77.6 Å². The number of para-hydroxylation sites is 2. The third kappa shape index (κ3) is 28.5. The van der Waals surface area contributed by atoms with Gasteiger partial charge in [-0.05, 0) is 247 Å². The van der Waals surface area contributed by atoms with Crippen molar-refractivity contribution in [3.63, 3.8) is 0 Å². The molecule has 0 bridgehead atoms. The van der Waals surface area contributed by atoms with E-state index < -0.39 is 40.7 Å². The third-order valence-electron chi connectivity index (χ3n) is 22.2. The fourth-order valence-electron chi connectivity index (χ4n) is 13.3. The topological polar surface area (TPSA) is 460 Å². The molecule has 8 aliphatic rings. The molecule has 8 aromatic rings. The number of carbonyl (C=O) groups excluding carboxylic acids is 8. The lowest BCUT2D eigenvalue weighted by molar-refractivity contribution is -0.122. The average molecular weight is 2220 g/mol. The van der Waals surface area contributed by atoms with E-state index in [1.54, 1.807) is 223 Å². The molecule has 0 fully saturated rings. The molecule has 0 spiro atoms. The Balaban J connectivity index is 0.000000189. The Labute approximate surface area is 879 Å². The van der Waals surface area contributed by atoms with Crippen molar-refractivity contribution in [2.24, 2.45) is 45.1 Å². The van der Waals surface area contributed by atoms with E-state index in [4.69, 9.17) is 61.8 Å². The summed E-state index contributed by atoms with van der Waals surface area (Å²) in [6, 6.07) is 31.3. The Hall–Kier alpha value is -16.9. The summed E-state index contributed by atoms with van der Waals surface area (Å²) in [6.07, 6.45) is 13.6. The van der Waals surface area contributed by atoms with Crippen LogP contribution < -0.4 is 28.4 Å². The quantitative estimate of drug-likeness (QED) is 0.0226. The van der Waals surface area contributed by atoms with Crippen LogP contribution in [0, 0.1) is 23.3 Å². The molecule has 46 heteroatoms. The van der Waals surface area contributed by atoms with Gasteiger partial charge in [-0.1, -0.05) is 64.8 Å². The number of carbonyl (C=O) groups is 8. The van der Waals surface area contributed by atoms with Crippen molar-refractivity contribution in [2.45, 2.75) is 48.5 Å². The smallest absolute Gasteiger partial charge is 0.277 e. The molecule has 0 aliphatic carbocycles. The normalized spacial score (nSPS) is 17.2. The largest absolute Gasteiger partial charge is 0.507 e. The number of hydrogen-bond acceptors (Lipinski definition) is 30. The summed E-state index contributed by atoms with van der Waals surface area (Å²) >= 11 is 18.1. The standard InChI is InChI=1S/C15H18N2O4.C14H16N2O4.C13H11F2N3O3.C13H14N2O2.C12H10Br2N2O2.C12H10Cl2N2O2.C12H10F2N2O2.C12H12N2O2/c1-9-16-11(15(18)17(9)2)6-10-7-12(19-3)14(21-5)13(8-10)20-4;1-8-15-10(14(18)16(8)2)5-9-6-11(19-3)13(17)12(7-9)20-4;1-18-11(6-16-21-2)17-10(13(18)20)5-7-3-8(14)12(19)9(15)4-7;1-9-14-11(13(16)15(9)2)8-10-6-4-5-7-12(10)17-3;3*1-6-15-10(12(18)16(6)2)5-7-3-8(13)11(17)9(14)4-7;1-8-13-10(12(16)14(8)2)7-9-5-3-4-6-11(9)15/h6-8H,1-5H3;5-7,17H,1-4H3;3-6,19H,1-2H3;4-8H,1-3H3;3*3-5,17H,1-2H3;3-7,15H,1-2H3/b11-6-;10-5-;10-5-,16-6+;11-8-;3*10-5-;10-7-. The number of aliphatic imine (C=N–C) groups is 8. The number of nitrogens with zero attached hydrogens (tertiary/aromatic N) is 17. The van der Waals surface area contributed by atoms with Gasteiger partial charge in [0.15, 0.2) is 69.4 Å². The van der Waals surface area contributed by atoms with Crippen molar-refractivity contribution in [1.29, 1.82) is 0 Å². The van der Waals surface area contributed by atoms with E-state index in [0.717, 1.165) is 46.7 Å². The number of phenolic OH excluding ortho intramolecular Hbond substituents is 6. The first kappa shape index (κ1) is 116. The van der Waals surface area contributed by atoms with Crippen LogP contribution in [0.5, 0.6) is 69.0 Å². The van der Waals surface area contributed by atoms with Crippen molar-refractivity contribution in [3.05, 3.63) is 254 Å². The summed E-state index contributed by atoms with van der Waals surface area (Å²) in [7, 11) is 23.6. The SMILES string of the molecule is CC1=N/C(=C\c2cc(Br)c(O)c(Br)c2)C(=O)N1C.CC1=N/C(=C\c2cc(Cl)c(O)c(Cl)c2)C(=O)N1C.CC1=N/C(=C\c2cc(F)c(O)c(F)c2)C(=O)N1C.CC1=N/C(=C\c2ccccc2O)C(=O)N1C.CO/N=C/C1=NC(=C\c2cc(F)c(O)c(F)c2)/C(=O)N1C.COc1cc(/C=C2\N=C(C)N(C)C2=O)cc(OC)c1O.COc1cc(/C=C2\N=C(C)N(C)C2=O)cc(OC)c1OC.COc1ccccc1/C=C1\N=C(C)N(C)C1=O. The van der Waals surface area contributed by atoms with Crippen LogP contribution in [0.25, 0.3) is 48.6 Å². The average Bonchev–Trinajstić information content (AvgIpc) is 1.58. The van der Waals surface area contributed by atoms with Crippen LogP contribution in [-0.4, -0.2) is 276 Å². The molecule has 149 heavy (non-hydrogen) atoms. The Bertz CT molecular complexity index is 6900. The molecule has 0 aromatic heterocycles. The number of ether oxygens (including phenoxy) is 6. The van der Waals surface area contributed by atoms with Gasteiger partial charge in [-0.25, -0.2) is 57.5 Å². The second-order valence-electron chi connectivity index (χ2n) is 32.0. The van der Waals surface area contributed by atoms with Gasteiger partial charge in [0.25, 0.3) is 47.3 Å². The summed E-state index contributed by atoms with van der Waals surface area (Å²) in [5, 5.41) is 60.2. The Morgan fingerprint density at radius 2 is 0.550 bits per heavy atom. The first-order valence-electron chi connectivity index (χ1n) is 43.7. The molecule has 8 aromatic carbocycles. The highest BCUT2D eigenvalue weighted by atomic mass is 79.9. The van der Waals surface area contributed by atoms with Crippen molar-refractivity contribution in [2.75, 3.05) is 106 Å². The number of amidine groups is 8. The van der Waals surface area contributed by atoms with Crippen LogP contribution in [0.2, 0.25) is 10.0 Å². The minimum atomic E-state index is -1.12. The number of methoxy groups -OCH3 is 6. The number of benzene rings is 8. The van der Waals surface area contributed by atoms with Gasteiger partial charge in [0, 0.05) is 67.5 Å². The number of likely N-dealkylation sites (N-methyl/N-ethyl adjacent to an activating group) is 8. The molecule has 780 valence electrons. The molecule has 0 unspecified atom stereocenters. The van der Waals surface area contributed by atoms with Gasteiger partial charge in [0.2, 0.25) is 11.5 Å². The van der Waals surface area contributed by atoms with Gasteiger partial charge in [0.1, 0.15) is 117 Å². The maximum absolute atomic E-state index is 13.2. The van der Waals surface area contributed by atoms with E-state index >= 15 is 0 Å². The maximum atomic E-state index is 13.2. The number of rotatable bonds is 16. The van der Waals surface area contributed by atoms with E-state index in [0.29, 0.717) is 118 Å². The molecule has 38 nitrogen and oxygen atoms in total. The van der Waals surface area contributed by atoms with E-state index in [-0.39, 0.29) is 114 Å². The van der Waals surface area contributed by atoms with Crippen molar-refractivity contribution >= 4 is 204 Å². The summed E-state index contributed by atoms with van der Waals surface area (Å²) in [5.74, 6) is -0.602. The molecule has 16 rings (SSSR count). The van der Waals surface area contributed by atoms with Crippen molar-refractivity contribution in [3.8, 4) is 69.0 Å². The lowest BCUT2D eigenvalue weighted by Crippen LogP contribution is -2.28. The molecule has 6 N–H and O–H groups in total. The lowest BCUT2D eigenvalue weighted by atomic mass is 10.1. The lowest BCUT2D eigenvalue weighted by Gasteiger charge is -2.13. The van der Waals surface area contributed by atoms with Crippen LogP contribution in [-0.2, 0) is 43.2 Å². The van der Waals surface area contributed by atoms with Gasteiger partial charge in [0.05, 0.1) is 61.6 Å². The van der Waals surface area contributed by atoms with Crippen LogP contribution in [0.4, 0.5) is 17.6 Å². The van der Waals surface area contributed by atoms with Crippen LogP contribution in [0.15, 0.2) is 221 Å². The number of aromatic hydroxyl groups is 6. The monoisotopic (exact) mass is 2220 g/mol. The van der Waals surface area contributed by atoms with E-state index in [1.807, 2.05) is 24.3 Å². The van der Waals surface area contributed by atoms with Gasteiger partial charge in [-0.15, -0.1) is 0 Å². The highest BCUT2D eigenvalue weighted by molar-refractivity contribution is 9.11. The van der Waals surface area contributed by atoms with E-state index in [2.05, 4.69) is 81.8 Å². The summed E-state index contributed by atoms with van der Waals surface area (Å²) in [5.41, 5.74) is 6.71. The molecule has 0 saturated heterocycles. The molecule has 8 amide bonds. The number of amides is 8. The summed E-state index contributed by atoms with van der Waals surface area (Å²) in [4.78, 5) is 144. The molecule has 0 radical (unpaired) electrons.